The summed E-state index contributed by atoms with van der Waals surface area (Å²) in [5.74, 6) is 0.133. The lowest BCUT2D eigenvalue weighted by atomic mass is 10.0. The molecule has 0 bridgehead atoms. The third-order valence-electron chi connectivity index (χ3n) is 5.69. The number of aryl methyl sites for hydroxylation is 2. The molecule has 2 aromatic heterocycles. The fourth-order valence-corrected chi connectivity index (χ4v) is 4.22. The molecule has 1 aliphatic rings. The standard InChI is InChI=1S/C26H23FN4O2/c1-16-9-17(2)31(30-16)22-7-3-5-18(11-22)26(32)29-15-23-12-20-10-21(27)13-24(25(20)33-23)19-6-4-8-28-14-19/h3-11,13-14,23H,12,15H2,1-2H3,(H,29,32). The van der Waals surface area contributed by atoms with E-state index in [1.807, 2.05) is 48.9 Å². The van der Waals surface area contributed by atoms with Gasteiger partial charge in [-0.2, -0.15) is 5.10 Å². The van der Waals surface area contributed by atoms with Crippen LogP contribution in [0.5, 0.6) is 5.75 Å². The molecule has 0 saturated heterocycles. The van der Waals surface area contributed by atoms with E-state index in [-0.39, 0.29) is 17.8 Å². The highest BCUT2D eigenvalue weighted by Gasteiger charge is 2.27. The van der Waals surface area contributed by atoms with Gasteiger partial charge < -0.3 is 10.1 Å². The number of halogens is 1. The van der Waals surface area contributed by atoms with Crippen LogP contribution < -0.4 is 10.1 Å². The maximum atomic E-state index is 14.2. The number of carbonyl (C=O) groups excluding carboxylic acids is 1. The molecule has 0 saturated carbocycles. The zero-order chi connectivity index (χ0) is 22.9. The fraction of sp³-hybridized carbons (Fsp3) is 0.192. The number of nitrogens with zero attached hydrogens (tertiary/aromatic N) is 3. The van der Waals surface area contributed by atoms with Crippen LogP contribution in [0.1, 0.15) is 27.3 Å². The molecule has 1 amide bonds. The van der Waals surface area contributed by atoms with E-state index in [1.54, 1.807) is 24.5 Å². The van der Waals surface area contributed by atoms with Gasteiger partial charge in [0.2, 0.25) is 0 Å². The zero-order valence-corrected chi connectivity index (χ0v) is 18.4. The molecule has 166 valence electrons. The highest BCUT2D eigenvalue weighted by Crippen LogP contribution is 2.39. The summed E-state index contributed by atoms with van der Waals surface area (Å²) in [6.45, 7) is 4.22. The summed E-state index contributed by atoms with van der Waals surface area (Å²) in [6.07, 6.45) is 3.60. The van der Waals surface area contributed by atoms with Gasteiger partial charge in [-0.15, -0.1) is 0 Å². The fourth-order valence-electron chi connectivity index (χ4n) is 4.22. The molecule has 7 heteroatoms. The Morgan fingerprint density at radius 1 is 1.18 bits per heavy atom. The lowest BCUT2D eigenvalue weighted by Gasteiger charge is -2.14. The van der Waals surface area contributed by atoms with Crippen LogP contribution in [-0.4, -0.2) is 33.3 Å². The molecule has 33 heavy (non-hydrogen) atoms. The molecule has 1 atom stereocenters. The minimum atomic E-state index is -0.318. The van der Waals surface area contributed by atoms with Gasteiger partial charge in [0.05, 0.1) is 17.9 Å². The highest BCUT2D eigenvalue weighted by atomic mass is 19.1. The molecule has 0 radical (unpaired) electrons. The molecule has 4 aromatic rings. The first-order valence-corrected chi connectivity index (χ1v) is 10.8. The molecule has 1 N–H and O–H groups in total. The number of carbonyl (C=O) groups is 1. The van der Waals surface area contributed by atoms with Crippen molar-refractivity contribution in [1.29, 1.82) is 0 Å². The molecular formula is C26H23FN4O2. The van der Waals surface area contributed by atoms with E-state index < -0.39 is 0 Å². The maximum absolute atomic E-state index is 14.2. The Morgan fingerprint density at radius 3 is 2.82 bits per heavy atom. The normalized spacial score (nSPS) is 14.6. The van der Waals surface area contributed by atoms with Gasteiger partial charge in [-0.1, -0.05) is 12.1 Å². The van der Waals surface area contributed by atoms with Gasteiger partial charge in [0, 0.05) is 46.8 Å². The summed E-state index contributed by atoms with van der Waals surface area (Å²) < 4.78 is 22.2. The van der Waals surface area contributed by atoms with E-state index >= 15 is 0 Å². The van der Waals surface area contributed by atoms with Crippen LogP contribution in [0, 0.1) is 19.7 Å². The Hall–Kier alpha value is -4.00. The number of hydrogen-bond acceptors (Lipinski definition) is 4. The van der Waals surface area contributed by atoms with Gasteiger partial charge >= 0.3 is 0 Å². The molecule has 1 unspecified atom stereocenters. The second kappa shape index (κ2) is 8.50. The van der Waals surface area contributed by atoms with Crippen molar-refractivity contribution in [2.24, 2.45) is 0 Å². The molecule has 1 aliphatic heterocycles. The minimum Gasteiger partial charge on any atom is -0.487 e. The Kier molecular flexibility index (Phi) is 5.38. The number of fused-ring (bicyclic) bond motifs is 1. The van der Waals surface area contributed by atoms with Crippen LogP contribution in [0.2, 0.25) is 0 Å². The molecule has 3 heterocycles. The largest absolute Gasteiger partial charge is 0.487 e. The lowest BCUT2D eigenvalue weighted by Crippen LogP contribution is -2.34. The van der Waals surface area contributed by atoms with E-state index in [0.29, 0.717) is 29.8 Å². The number of rotatable bonds is 5. The summed E-state index contributed by atoms with van der Waals surface area (Å²) in [5.41, 5.74) is 5.54. The first-order valence-electron chi connectivity index (χ1n) is 10.8. The molecule has 0 spiro atoms. The Labute approximate surface area is 191 Å². The van der Waals surface area contributed by atoms with Crippen LogP contribution in [0.15, 0.2) is 67.0 Å². The average molecular weight is 442 g/mol. The Balaban J connectivity index is 1.29. The number of amides is 1. The summed E-state index contributed by atoms with van der Waals surface area (Å²) in [7, 11) is 0. The molecule has 2 aromatic carbocycles. The zero-order valence-electron chi connectivity index (χ0n) is 18.4. The van der Waals surface area contributed by atoms with Crippen molar-refractivity contribution in [3.05, 3.63) is 95.3 Å². The second-order valence-electron chi connectivity index (χ2n) is 8.23. The van der Waals surface area contributed by atoms with E-state index in [2.05, 4.69) is 15.4 Å². The first-order chi connectivity index (χ1) is 16.0. The van der Waals surface area contributed by atoms with Crippen LogP contribution >= 0.6 is 0 Å². The molecule has 0 fully saturated rings. The highest BCUT2D eigenvalue weighted by molar-refractivity contribution is 5.94. The quantitative estimate of drug-likeness (QED) is 0.497. The second-order valence-corrected chi connectivity index (χ2v) is 8.23. The van der Waals surface area contributed by atoms with E-state index in [4.69, 9.17) is 4.74 Å². The van der Waals surface area contributed by atoms with E-state index in [9.17, 15) is 9.18 Å². The minimum absolute atomic E-state index is 0.198. The van der Waals surface area contributed by atoms with Crippen LogP contribution in [-0.2, 0) is 6.42 Å². The predicted octanol–water partition coefficient (Wildman–Crippen LogP) is 4.42. The number of hydrogen-bond donors (Lipinski definition) is 1. The topological polar surface area (TPSA) is 69.0 Å². The van der Waals surface area contributed by atoms with Crippen molar-refractivity contribution in [2.45, 2.75) is 26.4 Å². The van der Waals surface area contributed by atoms with Gasteiger partial charge in [-0.05, 0) is 56.3 Å². The van der Waals surface area contributed by atoms with Crippen LogP contribution in [0.3, 0.4) is 0 Å². The first kappa shape index (κ1) is 20.9. The van der Waals surface area contributed by atoms with Gasteiger partial charge in [-0.25, -0.2) is 9.07 Å². The van der Waals surface area contributed by atoms with Crippen molar-refractivity contribution in [3.63, 3.8) is 0 Å². The van der Waals surface area contributed by atoms with Gasteiger partial charge in [0.1, 0.15) is 17.7 Å². The van der Waals surface area contributed by atoms with Crippen molar-refractivity contribution < 1.29 is 13.9 Å². The SMILES string of the molecule is Cc1cc(C)n(-c2cccc(C(=O)NCC3Cc4cc(F)cc(-c5cccnc5)c4O3)c2)n1. The van der Waals surface area contributed by atoms with Gasteiger partial charge in [0.15, 0.2) is 0 Å². The molecule has 0 aliphatic carbocycles. The summed E-state index contributed by atoms with van der Waals surface area (Å²) in [4.78, 5) is 16.9. The average Bonchev–Trinajstić information content (AvgIpc) is 3.39. The summed E-state index contributed by atoms with van der Waals surface area (Å²) in [5, 5.41) is 7.43. The van der Waals surface area contributed by atoms with Gasteiger partial charge in [0.25, 0.3) is 5.91 Å². The third-order valence-corrected chi connectivity index (χ3v) is 5.69. The molecular weight excluding hydrogens is 419 g/mol. The number of nitrogens with one attached hydrogen (secondary N) is 1. The molecule has 5 rings (SSSR count). The lowest BCUT2D eigenvalue weighted by molar-refractivity contribution is 0.0933. The summed E-state index contributed by atoms with van der Waals surface area (Å²) in [6, 6.07) is 16.0. The Bertz CT molecular complexity index is 1330. The number of benzene rings is 2. The number of aromatic nitrogens is 3. The smallest absolute Gasteiger partial charge is 0.251 e. The third kappa shape index (κ3) is 4.22. The van der Waals surface area contributed by atoms with Crippen LogP contribution in [0.25, 0.3) is 16.8 Å². The van der Waals surface area contributed by atoms with E-state index in [0.717, 1.165) is 28.2 Å². The van der Waals surface area contributed by atoms with E-state index in [1.165, 1.54) is 12.1 Å². The number of ether oxygens (including phenoxy) is 1. The molecule has 6 nitrogen and oxygen atoms in total. The maximum Gasteiger partial charge on any atom is 0.251 e. The van der Waals surface area contributed by atoms with Crippen molar-refractivity contribution in [1.82, 2.24) is 20.1 Å². The number of pyridine rings is 1. The van der Waals surface area contributed by atoms with Crippen LogP contribution in [0.4, 0.5) is 4.39 Å². The van der Waals surface area contributed by atoms with Crippen molar-refractivity contribution in [3.8, 4) is 22.6 Å². The van der Waals surface area contributed by atoms with Gasteiger partial charge in [-0.3, -0.25) is 9.78 Å². The Morgan fingerprint density at radius 2 is 2.06 bits per heavy atom. The summed E-state index contributed by atoms with van der Waals surface area (Å²) >= 11 is 0. The van der Waals surface area contributed by atoms with Crippen molar-refractivity contribution in [2.75, 3.05) is 6.54 Å². The monoisotopic (exact) mass is 442 g/mol. The predicted molar refractivity (Wildman–Crippen MR) is 123 cm³/mol. The van der Waals surface area contributed by atoms with Crippen molar-refractivity contribution >= 4 is 5.91 Å².